The van der Waals surface area contributed by atoms with Crippen LogP contribution < -0.4 is 9.64 Å². The van der Waals surface area contributed by atoms with Crippen LogP contribution in [0.2, 0.25) is 0 Å². The predicted molar refractivity (Wildman–Crippen MR) is 106 cm³/mol. The molecule has 150 valence electrons. The second-order valence-electron chi connectivity index (χ2n) is 6.88. The van der Waals surface area contributed by atoms with Crippen LogP contribution >= 0.6 is 0 Å². The Hall–Kier alpha value is -2.48. The molecule has 0 bridgehead atoms. The zero-order valence-corrected chi connectivity index (χ0v) is 16.4. The van der Waals surface area contributed by atoms with Crippen LogP contribution in [0.25, 0.3) is 0 Å². The monoisotopic (exact) mass is 386 g/mol. The van der Waals surface area contributed by atoms with Crippen LogP contribution in [-0.4, -0.2) is 61.4 Å². The number of aromatic nitrogens is 1. The standard InChI is InChI=1S/C21H27N3O4/c1-15-21(26)19(17(14-25)11-23-15)12-22-13-20(24-7-9-28-10-8-24)16-3-5-18(27-2)6-4-16/h3-6,11-12,20,25-26H,7-10,13-14H2,1-2H3/p+1/t20-/m0/s1. The van der Waals surface area contributed by atoms with Crippen molar-refractivity contribution in [2.75, 3.05) is 40.0 Å². The fourth-order valence-electron chi connectivity index (χ4n) is 3.46. The third kappa shape index (κ3) is 4.67. The zero-order chi connectivity index (χ0) is 19.9. The van der Waals surface area contributed by atoms with E-state index in [0.29, 0.717) is 23.4 Å². The molecule has 2 aromatic rings. The van der Waals surface area contributed by atoms with Crippen LogP contribution in [0.1, 0.15) is 28.4 Å². The summed E-state index contributed by atoms with van der Waals surface area (Å²) < 4.78 is 10.8. The Balaban J connectivity index is 1.83. The van der Waals surface area contributed by atoms with Crippen molar-refractivity contribution >= 4 is 6.21 Å². The summed E-state index contributed by atoms with van der Waals surface area (Å²) in [7, 11) is 1.66. The molecule has 0 saturated carbocycles. The van der Waals surface area contributed by atoms with Crippen molar-refractivity contribution in [3.05, 3.63) is 52.8 Å². The highest BCUT2D eigenvalue weighted by atomic mass is 16.5. The van der Waals surface area contributed by atoms with Gasteiger partial charge in [-0.05, 0) is 31.2 Å². The molecule has 28 heavy (non-hydrogen) atoms. The number of nitrogens with zero attached hydrogens (tertiary/aromatic N) is 2. The van der Waals surface area contributed by atoms with E-state index in [0.717, 1.165) is 32.1 Å². The highest BCUT2D eigenvalue weighted by Gasteiger charge is 2.26. The predicted octanol–water partition coefficient (Wildman–Crippen LogP) is 0.672. The van der Waals surface area contributed by atoms with Gasteiger partial charge < -0.3 is 24.6 Å². The Morgan fingerprint density at radius 1 is 1.29 bits per heavy atom. The van der Waals surface area contributed by atoms with Gasteiger partial charge in [0.15, 0.2) is 0 Å². The second-order valence-corrected chi connectivity index (χ2v) is 6.88. The lowest BCUT2D eigenvalue weighted by Gasteiger charge is -2.31. The highest BCUT2D eigenvalue weighted by Crippen LogP contribution is 2.22. The van der Waals surface area contributed by atoms with Crippen LogP contribution in [0, 0.1) is 6.92 Å². The van der Waals surface area contributed by atoms with Crippen LogP contribution in [0.3, 0.4) is 0 Å². The molecule has 0 radical (unpaired) electrons. The molecule has 1 saturated heterocycles. The minimum Gasteiger partial charge on any atom is -0.505 e. The molecule has 3 N–H and O–H groups in total. The van der Waals surface area contributed by atoms with E-state index in [-0.39, 0.29) is 18.4 Å². The summed E-state index contributed by atoms with van der Waals surface area (Å²) >= 11 is 0. The Kier molecular flexibility index (Phi) is 6.97. The number of morpholine rings is 1. The molecule has 1 aromatic heterocycles. The second kappa shape index (κ2) is 9.64. The zero-order valence-electron chi connectivity index (χ0n) is 16.4. The number of aliphatic imine (C=N–C) groups is 1. The van der Waals surface area contributed by atoms with E-state index >= 15 is 0 Å². The quantitative estimate of drug-likeness (QED) is 0.609. The first-order valence-corrected chi connectivity index (χ1v) is 9.48. The number of aliphatic hydroxyl groups is 1. The van der Waals surface area contributed by atoms with Gasteiger partial charge >= 0.3 is 0 Å². The number of aryl methyl sites for hydroxylation is 1. The van der Waals surface area contributed by atoms with Gasteiger partial charge in [0, 0.05) is 29.1 Å². The van der Waals surface area contributed by atoms with Crippen LogP contribution in [0.4, 0.5) is 0 Å². The van der Waals surface area contributed by atoms with Crippen LogP contribution in [0.15, 0.2) is 35.5 Å². The number of ether oxygens (including phenoxy) is 2. The Bertz CT molecular complexity index is 802. The molecule has 7 heteroatoms. The molecule has 0 spiro atoms. The number of hydrogen-bond donors (Lipinski definition) is 3. The van der Waals surface area contributed by atoms with Gasteiger partial charge in [0.2, 0.25) is 0 Å². The van der Waals surface area contributed by atoms with Crippen molar-refractivity contribution in [3.63, 3.8) is 0 Å². The van der Waals surface area contributed by atoms with Crippen LogP contribution in [-0.2, 0) is 11.3 Å². The van der Waals surface area contributed by atoms with E-state index < -0.39 is 0 Å². The van der Waals surface area contributed by atoms with Gasteiger partial charge in [-0.15, -0.1) is 0 Å². The van der Waals surface area contributed by atoms with Crippen molar-refractivity contribution < 1.29 is 24.6 Å². The minimum atomic E-state index is -0.196. The molecule has 3 rings (SSSR count). The SMILES string of the molecule is COc1ccc([C@H](CN=Cc2c(CO)cnc(C)c2O)[NH+]2CCOCC2)cc1. The number of methoxy groups -OCH3 is 1. The topological polar surface area (TPSA) is 88.6 Å². The molecule has 1 atom stereocenters. The summed E-state index contributed by atoms with van der Waals surface area (Å²) in [5.74, 6) is 0.891. The largest absolute Gasteiger partial charge is 0.505 e. The highest BCUT2D eigenvalue weighted by molar-refractivity contribution is 5.85. The molecular formula is C21H28N3O4+. The van der Waals surface area contributed by atoms with Crippen molar-refractivity contribution in [1.82, 2.24) is 4.98 Å². The Morgan fingerprint density at radius 2 is 2.00 bits per heavy atom. The molecule has 2 heterocycles. The van der Waals surface area contributed by atoms with Crippen molar-refractivity contribution in [2.45, 2.75) is 19.6 Å². The number of aromatic hydroxyl groups is 1. The summed E-state index contributed by atoms with van der Waals surface area (Å²) in [6.45, 7) is 5.43. The third-order valence-electron chi connectivity index (χ3n) is 5.18. The van der Waals surface area contributed by atoms with Gasteiger partial charge in [0.25, 0.3) is 0 Å². The van der Waals surface area contributed by atoms with E-state index in [1.807, 2.05) is 12.1 Å². The number of hydrogen-bond acceptors (Lipinski definition) is 6. The first-order valence-electron chi connectivity index (χ1n) is 9.48. The Labute approximate surface area is 165 Å². The third-order valence-corrected chi connectivity index (χ3v) is 5.18. The molecule has 1 aliphatic rings. The van der Waals surface area contributed by atoms with Crippen LogP contribution in [0.5, 0.6) is 11.5 Å². The maximum Gasteiger partial charge on any atom is 0.145 e. The van der Waals surface area contributed by atoms with Gasteiger partial charge in [0.05, 0.1) is 39.2 Å². The van der Waals surface area contributed by atoms with Gasteiger partial charge in [-0.1, -0.05) is 0 Å². The summed E-state index contributed by atoms with van der Waals surface area (Å²) in [5.41, 5.74) is 2.79. The van der Waals surface area contributed by atoms with Crippen molar-refractivity contribution in [1.29, 1.82) is 0 Å². The molecular weight excluding hydrogens is 358 g/mol. The van der Waals surface area contributed by atoms with Gasteiger partial charge in [-0.25, -0.2) is 0 Å². The van der Waals surface area contributed by atoms with E-state index in [2.05, 4.69) is 22.1 Å². The lowest BCUT2D eigenvalue weighted by molar-refractivity contribution is -0.937. The van der Waals surface area contributed by atoms with Crippen molar-refractivity contribution in [2.24, 2.45) is 4.99 Å². The lowest BCUT2D eigenvalue weighted by atomic mass is 10.0. The molecule has 1 aliphatic heterocycles. The van der Waals surface area contributed by atoms with E-state index in [4.69, 9.17) is 9.47 Å². The first kappa shape index (κ1) is 20.3. The number of quaternary nitrogens is 1. The minimum absolute atomic E-state index is 0.0648. The van der Waals surface area contributed by atoms with E-state index in [1.165, 1.54) is 10.5 Å². The average molecular weight is 386 g/mol. The molecule has 1 aromatic carbocycles. The smallest absolute Gasteiger partial charge is 0.145 e. The molecule has 0 amide bonds. The summed E-state index contributed by atoms with van der Waals surface area (Å²) in [6, 6.07) is 8.26. The van der Waals surface area contributed by atoms with E-state index in [1.54, 1.807) is 26.4 Å². The summed E-state index contributed by atoms with van der Waals surface area (Å²) in [6.07, 6.45) is 3.22. The normalized spacial score (nSPS) is 16.4. The van der Waals surface area contributed by atoms with E-state index in [9.17, 15) is 10.2 Å². The number of aliphatic hydroxyl groups excluding tert-OH is 1. The fraction of sp³-hybridized carbons (Fsp3) is 0.429. The molecule has 0 unspecified atom stereocenters. The fourth-order valence-corrected chi connectivity index (χ4v) is 3.46. The maximum atomic E-state index is 10.3. The Morgan fingerprint density at radius 3 is 2.64 bits per heavy atom. The summed E-state index contributed by atoms with van der Waals surface area (Å²) in [4.78, 5) is 10.1. The molecule has 1 fully saturated rings. The number of pyridine rings is 1. The van der Waals surface area contributed by atoms with Gasteiger partial charge in [0.1, 0.15) is 30.6 Å². The number of rotatable bonds is 7. The van der Waals surface area contributed by atoms with Crippen molar-refractivity contribution in [3.8, 4) is 11.5 Å². The maximum absolute atomic E-state index is 10.3. The number of nitrogens with one attached hydrogen (secondary N) is 1. The summed E-state index contributed by atoms with van der Waals surface area (Å²) in [5, 5.41) is 19.8. The molecule has 7 nitrogen and oxygen atoms in total. The van der Waals surface area contributed by atoms with Gasteiger partial charge in [-0.3, -0.25) is 9.98 Å². The average Bonchev–Trinajstić information content (AvgIpc) is 2.75. The first-order chi connectivity index (χ1) is 13.6. The molecule has 0 aliphatic carbocycles. The lowest BCUT2D eigenvalue weighted by Crippen LogP contribution is -3.14. The van der Waals surface area contributed by atoms with Gasteiger partial charge in [-0.2, -0.15) is 0 Å². The number of benzene rings is 1.